The summed E-state index contributed by atoms with van der Waals surface area (Å²) >= 11 is 3.45. The molecule has 1 amide bonds. The molecule has 0 radical (unpaired) electrons. The van der Waals surface area contributed by atoms with E-state index in [1.165, 1.54) is 12.8 Å². The third kappa shape index (κ3) is 4.37. The average Bonchev–Trinajstić information content (AvgIpc) is 2.75. The molecule has 0 fully saturated rings. The van der Waals surface area contributed by atoms with Crippen molar-refractivity contribution in [2.75, 3.05) is 6.54 Å². The van der Waals surface area contributed by atoms with Gasteiger partial charge in [-0.1, -0.05) is 19.8 Å². The van der Waals surface area contributed by atoms with E-state index >= 15 is 0 Å². The van der Waals surface area contributed by atoms with Crippen LogP contribution in [0.5, 0.6) is 0 Å². The third-order valence-electron chi connectivity index (χ3n) is 3.31. The summed E-state index contributed by atoms with van der Waals surface area (Å²) in [6, 6.07) is 2.16. The number of hydrogen-bond acceptors (Lipinski definition) is 1. The number of carbonyl (C=O) groups excluding carboxylic acids is 1. The lowest BCUT2D eigenvalue weighted by Crippen LogP contribution is -2.38. The molecule has 1 aromatic rings. The van der Waals surface area contributed by atoms with Crippen molar-refractivity contribution in [3.05, 3.63) is 22.4 Å². The first-order chi connectivity index (χ1) is 9.01. The SMILES string of the molecule is CCCCCN(C(=O)c1cc(Br)cn1CC)C(C)C. The fraction of sp³-hybridized carbons (Fsp3) is 0.667. The number of hydrogen-bond donors (Lipinski definition) is 0. The van der Waals surface area contributed by atoms with E-state index in [0.29, 0.717) is 0 Å². The highest BCUT2D eigenvalue weighted by Crippen LogP contribution is 2.18. The van der Waals surface area contributed by atoms with Crippen molar-refractivity contribution in [2.24, 2.45) is 0 Å². The zero-order chi connectivity index (χ0) is 14.4. The Labute approximate surface area is 125 Å². The normalized spacial score (nSPS) is 11.1. The summed E-state index contributed by atoms with van der Waals surface area (Å²) in [5, 5.41) is 0. The van der Waals surface area contributed by atoms with E-state index in [0.717, 1.165) is 29.7 Å². The summed E-state index contributed by atoms with van der Waals surface area (Å²) in [4.78, 5) is 14.6. The largest absolute Gasteiger partial charge is 0.343 e. The van der Waals surface area contributed by atoms with E-state index in [2.05, 4.69) is 43.6 Å². The molecule has 0 atom stereocenters. The average molecular weight is 329 g/mol. The molecule has 1 heterocycles. The van der Waals surface area contributed by atoms with E-state index in [-0.39, 0.29) is 11.9 Å². The van der Waals surface area contributed by atoms with Crippen molar-refractivity contribution in [2.45, 2.75) is 59.5 Å². The van der Waals surface area contributed by atoms with Crippen LogP contribution in [-0.4, -0.2) is 28.0 Å². The van der Waals surface area contributed by atoms with Gasteiger partial charge in [0.05, 0.1) is 0 Å². The minimum Gasteiger partial charge on any atom is -0.343 e. The molecule has 4 heteroatoms. The number of carbonyl (C=O) groups is 1. The van der Waals surface area contributed by atoms with Crippen molar-refractivity contribution < 1.29 is 4.79 Å². The van der Waals surface area contributed by atoms with Gasteiger partial charge in [0.1, 0.15) is 5.69 Å². The van der Waals surface area contributed by atoms with Gasteiger partial charge < -0.3 is 9.47 Å². The lowest BCUT2D eigenvalue weighted by Gasteiger charge is -2.27. The number of nitrogens with zero attached hydrogens (tertiary/aromatic N) is 2. The summed E-state index contributed by atoms with van der Waals surface area (Å²) in [6.07, 6.45) is 5.40. The van der Waals surface area contributed by atoms with Crippen LogP contribution < -0.4 is 0 Å². The molecular weight excluding hydrogens is 304 g/mol. The molecule has 1 aromatic heterocycles. The van der Waals surface area contributed by atoms with Crippen LogP contribution in [0.15, 0.2) is 16.7 Å². The zero-order valence-electron chi connectivity index (χ0n) is 12.4. The summed E-state index contributed by atoms with van der Waals surface area (Å²) in [5.74, 6) is 0.138. The van der Waals surface area contributed by atoms with Crippen LogP contribution in [0.4, 0.5) is 0 Å². The van der Waals surface area contributed by atoms with Crippen LogP contribution >= 0.6 is 15.9 Å². The summed E-state index contributed by atoms with van der Waals surface area (Å²) in [5.41, 5.74) is 0.777. The fourth-order valence-electron chi connectivity index (χ4n) is 2.19. The highest BCUT2D eigenvalue weighted by molar-refractivity contribution is 9.10. The topological polar surface area (TPSA) is 25.2 Å². The second-order valence-corrected chi connectivity index (χ2v) is 6.04. The maximum absolute atomic E-state index is 12.7. The van der Waals surface area contributed by atoms with Gasteiger partial charge in [-0.15, -0.1) is 0 Å². The second-order valence-electron chi connectivity index (χ2n) is 5.13. The Hall–Kier alpha value is -0.770. The minimum atomic E-state index is 0.138. The predicted molar refractivity (Wildman–Crippen MR) is 83.5 cm³/mol. The Bertz CT molecular complexity index is 412. The molecule has 0 unspecified atom stereocenters. The molecule has 0 bridgehead atoms. The lowest BCUT2D eigenvalue weighted by molar-refractivity contribution is 0.0691. The van der Waals surface area contributed by atoms with Crippen LogP contribution in [0.2, 0.25) is 0 Å². The van der Waals surface area contributed by atoms with Crippen LogP contribution in [0, 0.1) is 0 Å². The van der Waals surface area contributed by atoms with Gasteiger partial charge in [-0.3, -0.25) is 4.79 Å². The minimum absolute atomic E-state index is 0.138. The molecule has 0 aliphatic rings. The van der Waals surface area contributed by atoms with E-state index in [4.69, 9.17) is 0 Å². The van der Waals surface area contributed by atoms with Crippen molar-refractivity contribution in [3.8, 4) is 0 Å². The zero-order valence-corrected chi connectivity index (χ0v) is 14.0. The molecule has 108 valence electrons. The summed E-state index contributed by atoms with van der Waals surface area (Å²) < 4.78 is 2.97. The molecule has 0 aliphatic carbocycles. The second kappa shape index (κ2) is 7.73. The Kier molecular flexibility index (Phi) is 6.63. The molecule has 0 aromatic carbocycles. The van der Waals surface area contributed by atoms with Crippen LogP contribution in [0.1, 0.15) is 57.4 Å². The van der Waals surface area contributed by atoms with E-state index in [1.54, 1.807) is 0 Å². The maximum Gasteiger partial charge on any atom is 0.270 e. The van der Waals surface area contributed by atoms with Gasteiger partial charge in [-0.05, 0) is 49.2 Å². The standard InChI is InChI=1S/C15H25BrN2O/c1-5-7-8-9-18(12(3)4)15(19)14-10-13(16)11-17(14)6-2/h10-12H,5-9H2,1-4H3. The maximum atomic E-state index is 12.7. The van der Waals surface area contributed by atoms with Crippen LogP contribution in [-0.2, 0) is 6.54 Å². The summed E-state index contributed by atoms with van der Waals surface area (Å²) in [6.45, 7) is 10.1. The Morgan fingerprint density at radius 2 is 2.05 bits per heavy atom. The molecule has 1 rings (SSSR count). The molecule has 0 saturated heterocycles. The molecule has 0 saturated carbocycles. The number of amides is 1. The van der Waals surface area contributed by atoms with Gasteiger partial charge in [0.15, 0.2) is 0 Å². The van der Waals surface area contributed by atoms with Gasteiger partial charge in [0.25, 0.3) is 5.91 Å². The monoisotopic (exact) mass is 328 g/mol. The van der Waals surface area contributed by atoms with Crippen molar-refractivity contribution in [3.63, 3.8) is 0 Å². The molecule has 0 N–H and O–H groups in total. The fourth-order valence-corrected chi connectivity index (χ4v) is 2.65. The van der Waals surface area contributed by atoms with Gasteiger partial charge in [-0.25, -0.2) is 0 Å². The molecule has 3 nitrogen and oxygen atoms in total. The van der Waals surface area contributed by atoms with Crippen molar-refractivity contribution in [1.82, 2.24) is 9.47 Å². The Morgan fingerprint density at radius 3 is 2.58 bits per heavy atom. The van der Waals surface area contributed by atoms with Gasteiger partial charge in [0, 0.05) is 29.8 Å². The number of halogens is 1. The van der Waals surface area contributed by atoms with Crippen molar-refractivity contribution >= 4 is 21.8 Å². The smallest absolute Gasteiger partial charge is 0.270 e. The first-order valence-electron chi connectivity index (χ1n) is 7.17. The molecule has 0 spiro atoms. The highest BCUT2D eigenvalue weighted by atomic mass is 79.9. The highest BCUT2D eigenvalue weighted by Gasteiger charge is 2.21. The first kappa shape index (κ1) is 16.3. The van der Waals surface area contributed by atoms with Crippen molar-refractivity contribution in [1.29, 1.82) is 0 Å². The van der Waals surface area contributed by atoms with Gasteiger partial charge >= 0.3 is 0 Å². The van der Waals surface area contributed by atoms with Crippen LogP contribution in [0.3, 0.4) is 0 Å². The number of rotatable bonds is 7. The first-order valence-corrected chi connectivity index (χ1v) is 7.97. The van der Waals surface area contributed by atoms with Crippen LogP contribution in [0.25, 0.3) is 0 Å². The Balaban J connectivity index is 2.86. The number of aryl methyl sites for hydroxylation is 1. The molecule has 0 aliphatic heterocycles. The van der Waals surface area contributed by atoms with E-state index in [9.17, 15) is 4.79 Å². The molecule has 19 heavy (non-hydrogen) atoms. The van der Waals surface area contributed by atoms with E-state index < -0.39 is 0 Å². The Morgan fingerprint density at radius 1 is 1.37 bits per heavy atom. The van der Waals surface area contributed by atoms with E-state index in [1.807, 2.05) is 21.7 Å². The summed E-state index contributed by atoms with van der Waals surface area (Å²) in [7, 11) is 0. The molecular formula is C15H25BrN2O. The quantitative estimate of drug-likeness (QED) is 0.684. The number of aromatic nitrogens is 1. The van der Waals surface area contributed by atoms with Gasteiger partial charge in [0.2, 0.25) is 0 Å². The van der Waals surface area contributed by atoms with Gasteiger partial charge in [-0.2, -0.15) is 0 Å². The number of unbranched alkanes of at least 4 members (excludes halogenated alkanes) is 2. The lowest BCUT2D eigenvalue weighted by atomic mass is 10.2. The third-order valence-corrected chi connectivity index (χ3v) is 3.74. The predicted octanol–water partition coefficient (Wildman–Crippen LogP) is 4.31.